The molecular formula is C16H17N3O4S. The fourth-order valence-electron chi connectivity index (χ4n) is 2.27. The molecule has 0 atom stereocenters. The Labute approximate surface area is 142 Å². The number of fused-ring (bicyclic) bond motifs is 1. The van der Waals surface area contributed by atoms with Crippen LogP contribution in [0.15, 0.2) is 23.6 Å². The number of benzene rings is 1. The molecule has 0 saturated carbocycles. The fraction of sp³-hybridized carbons (Fsp3) is 0.312. The molecular weight excluding hydrogens is 330 g/mol. The lowest BCUT2D eigenvalue weighted by Crippen LogP contribution is -2.27. The van der Waals surface area contributed by atoms with E-state index >= 15 is 0 Å². The molecule has 1 aliphatic heterocycles. The normalized spacial score (nSPS) is 12.2. The summed E-state index contributed by atoms with van der Waals surface area (Å²) >= 11 is 1.47. The van der Waals surface area contributed by atoms with Crippen LogP contribution in [-0.4, -0.2) is 30.1 Å². The van der Waals surface area contributed by atoms with Gasteiger partial charge in [0.2, 0.25) is 18.6 Å². The van der Waals surface area contributed by atoms with Gasteiger partial charge in [-0.2, -0.15) is 0 Å². The van der Waals surface area contributed by atoms with Gasteiger partial charge in [-0.05, 0) is 24.6 Å². The van der Waals surface area contributed by atoms with Crippen molar-refractivity contribution < 1.29 is 19.1 Å². The summed E-state index contributed by atoms with van der Waals surface area (Å²) in [5, 5.41) is 5.44. The van der Waals surface area contributed by atoms with Crippen molar-refractivity contribution in [1.82, 2.24) is 10.3 Å². The second kappa shape index (κ2) is 7.31. The number of nitrogens with one attached hydrogen (secondary N) is 1. The number of ether oxygens (including phenoxy) is 2. The molecule has 8 heteroatoms. The lowest BCUT2D eigenvalue weighted by Gasteiger charge is -2.02. The topological polar surface area (TPSA) is 104 Å². The van der Waals surface area contributed by atoms with E-state index in [1.807, 2.05) is 23.6 Å². The number of aromatic nitrogens is 1. The van der Waals surface area contributed by atoms with Crippen LogP contribution in [0.1, 0.15) is 18.5 Å². The molecule has 0 aliphatic carbocycles. The smallest absolute Gasteiger partial charge is 0.231 e. The molecule has 24 heavy (non-hydrogen) atoms. The molecule has 7 nitrogen and oxygen atoms in total. The van der Waals surface area contributed by atoms with Crippen molar-refractivity contribution in [1.29, 1.82) is 0 Å². The molecule has 0 unspecified atom stereocenters. The molecule has 0 saturated heterocycles. The maximum absolute atomic E-state index is 11.9. The number of nitrogens with two attached hydrogens (primary N) is 1. The fourth-order valence-corrected chi connectivity index (χ4v) is 3.08. The van der Waals surface area contributed by atoms with E-state index in [0.29, 0.717) is 24.4 Å². The largest absolute Gasteiger partial charge is 0.454 e. The summed E-state index contributed by atoms with van der Waals surface area (Å²) in [6.45, 7) is 0.665. The second-order valence-electron chi connectivity index (χ2n) is 5.31. The monoisotopic (exact) mass is 347 g/mol. The summed E-state index contributed by atoms with van der Waals surface area (Å²) in [5.74, 6) is 0.946. The molecule has 0 radical (unpaired) electrons. The SMILES string of the molecule is NC(=O)CCCNC(=O)Cc1csc(-c2ccc3c(c2)OCO3)n1. The summed E-state index contributed by atoms with van der Waals surface area (Å²) in [4.78, 5) is 27.0. The Kier molecular flexibility index (Phi) is 4.95. The van der Waals surface area contributed by atoms with Crippen LogP contribution in [0.25, 0.3) is 10.6 Å². The van der Waals surface area contributed by atoms with Crippen LogP contribution in [0.2, 0.25) is 0 Å². The van der Waals surface area contributed by atoms with Gasteiger partial charge < -0.3 is 20.5 Å². The first kappa shape index (κ1) is 16.3. The molecule has 2 heterocycles. The van der Waals surface area contributed by atoms with Crippen molar-refractivity contribution >= 4 is 23.2 Å². The van der Waals surface area contributed by atoms with E-state index in [9.17, 15) is 9.59 Å². The third kappa shape index (κ3) is 4.02. The van der Waals surface area contributed by atoms with Crippen molar-refractivity contribution in [3.63, 3.8) is 0 Å². The molecule has 1 aromatic carbocycles. The van der Waals surface area contributed by atoms with Crippen LogP contribution in [0.5, 0.6) is 11.5 Å². The summed E-state index contributed by atoms with van der Waals surface area (Å²) in [7, 11) is 0. The minimum atomic E-state index is -0.364. The molecule has 126 valence electrons. The Morgan fingerprint density at radius 3 is 2.96 bits per heavy atom. The molecule has 3 N–H and O–H groups in total. The van der Waals surface area contributed by atoms with Crippen LogP contribution in [0.3, 0.4) is 0 Å². The standard InChI is InChI=1S/C16H17N3O4S/c17-14(20)2-1-5-18-15(21)7-11-8-24-16(19-11)10-3-4-12-13(6-10)23-9-22-12/h3-4,6,8H,1-2,5,7,9H2,(H2,17,20)(H,18,21). The Hall–Kier alpha value is -2.61. The van der Waals surface area contributed by atoms with Crippen LogP contribution < -0.4 is 20.5 Å². The maximum atomic E-state index is 11.9. The highest BCUT2D eigenvalue weighted by Gasteiger charge is 2.15. The first-order chi connectivity index (χ1) is 11.6. The summed E-state index contributed by atoms with van der Waals surface area (Å²) in [6.07, 6.45) is 1.02. The summed E-state index contributed by atoms with van der Waals surface area (Å²) in [6, 6.07) is 5.65. The predicted octanol–water partition coefficient (Wildman–Crippen LogP) is 1.46. The van der Waals surface area contributed by atoms with Gasteiger partial charge in [-0.15, -0.1) is 11.3 Å². The third-order valence-electron chi connectivity index (χ3n) is 3.44. The molecule has 1 aliphatic rings. The van der Waals surface area contributed by atoms with Gasteiger partial charge >= 0.3 is 0 Å². The van der Waals surface area contributed by atoms with Crippen molar-refractivity contribution in [3.8, 4) is 22.1 Å². The van der Waals surface area contributed by atoms with Gasteiger partial charge in [0.05, 0.1) is 12.1 Å². The first-order valence-corrected chi connectivity index (χ1v) is 8.39. The highest BCUT2D eigenvalue weighted by Crippen LogP contribution is 2.36. The molecule has 0 fully saturated rings. The van der Waals surface area contributed by atoms with Crippen molar-refractivity contribution in [2.24, 2.45) is 5.73 Å². The molecule has 2 aromatic rings. The molecule has 0 bridgehead atoms. The number of rotatable bonds is 7. The molecule has 1 aromatic heterocycles. The zero-order valence-corrected chi connectivity index (χ0v) is 13.7. The average Bonchev–Trinajstić information content (AvgIpc) is 3.19. The Balaban J connectivity index is 1.55. The highest BCUT2D eigenvalue weighted by molar-refractivity contribution is 7.13. The van der Waals surface area contributed by atoms with Crippen molar-refractivity contribution in [3.05, 3.63) is 29.3 Å². The van der Waals surface area contributed by atoms with Gasteiger partial charge in [-0.25, -0.2) is 4.98 Å². The number of hydrogen-bond donors (Lipinski definition) is 2. The summed E-state index contributed by atoms with van der Waals surface area (Å²) < 4.78 is 10.6. The number of carbonyl (C=O) groups is 2. The van der Waals surface area contributed by atoms with Gasteiger partial charge in [0, 0.05) is 23.9 Å². The maximum Gasteiger partial charge on any atom is 0.231 e. The first-order valence-electron chi connectivity index (χ1n) is 7.51. The number of amides is 2. The second-order valence-corrected chi connectivity index (χ2v) is 6.17. The minimum Gasteiger partial charge on any atom is -0.454 e. The predicted molar refractivity (Wildman–Crippen MR) is 88.8 cm³/mol. The van der Waals surface area contributed by atoms with Crippen LogP contribution in [0.4, 0.5) is 0 Å². The van der Waals surface area contributed by atoms with Crippen LogP contribution in [-0.2, 0) is 16.0 Å². The lowest BCUT2D eigenvalue weighted by atomic mass is 10.2. The Bertz CT molecular complexity index is 760. The number of thiazole rings is 1. The Morgan fingerprint density at radius 1 is 1.29 bits per heavy atom. The summed E-state index contributed by atoms with van der Waals surface area (Å²) in [5.41, 5.74) is 6.68. The van der Waals surface area contributed by atoms with E-state index in [1.165, 1.54) is 11.3 Å². The van der Waals surface area contributed by atoms with Crippen LogP contribution >= 0.6 is 11.3 Å². The molecule has 0 spiro atoms. The minimum absolute atomic E-state index is 0.123. The number of primary amides is 1. The number of nitrogens with zero attached hydrogens (tertiary/aromatic N) is 1. The molecule has 3 rings (SSSR count). The number of hydrogen-bond acceptors (Lipinski definition) is 6. The van der Waals surface area contributed by atoms with Gasteiger partial charge in [-0.1, -0.05) is 0 Å². The van der Waals surface area contributed by atoms with E-state index in [-0.39, 0.29) is 31.4 Å². The van der Waals surface area contributed by atoms with Gasteiger partial charge in [0.15, 0.2) is 11.5 Å². The number of carbonyl (C=O) groups excluding carboxylic acids is 2. The zero-order valence-electron chi connectivity index (χ0n) is 12.9. The van der Waals surface area contributed by atoms with E-state index in [1.54, 1.807) is 0 Å². The van der Waals surface area contributed by atoms with E-state index in [4.69, 9.17) is 15.2 Å². The van der Waals surface area contributed by atoms with Crippen molar-refractivity contribution in [2.75, 3.05) is 13.3 Å². The zero-order chi connectivity index (χ0) is 16.9. The van der Waals surface area contributed by atoms with Gasteiger partial charge in [-0.3, -0.25) is 9.59 Å². The average molecular weight is 347 g/mol. The van der Waals surface area contributed by atoms with E-state index < -0.39 is 0 Å². The highest BCUT2D eigenvalue weighted by atomic mass is 32.1. The van der Waals surface area contributed by atoms with Gasteiger partial charge in [0.1, 0.15) is 5.01 Å². The Morgan fingerprint density at radius 2 is 2.12 bits per heavy atom. The third-order valence-corrected chi connectivity index (χ3v) is 4.38. The van der Waals surface area contributed by atoms with E-state index in [2.05, 4.69) is 10.3 Å². The lowest BCUT2D eigenvalue weighted by molar-refractivity contribution is -0.121. The molecule has 2 amide bonds. The quantitative estimate of drug-likeness (QED) is 0.738. The van der Waals surface area contributed by atoms with Crippen molar-refractivity contribution in [2.45, 2.75) is 19.3 Å². The van der Waals surface area contributed by atoms with E-state index in [0.717, 1.165) is 16.3 Å². The van der Waals surface area contributed by atoms with Crippen LogP contribution in [0, 0.1) is 0 Å². The van der Waals surface area contributed by atoms with Gasteiger partial charge in [0.25, 0.3) is 0 Å².